The highest BCUT2D eigenvalue weighted by Crippen LogP contribution is 2.47. The molecule has 1 saturated carbocycles. The van der Waals surface area contributed by atoms with E-state index in [1.165, 1.54) is 5.56 Å². The van der Waals surface area contributed by atoms with Crippen LogP contribution in [0.15, 0.2) is 58.4 Å². The molecule has 0 bridgehead atoms. The normalized spacial score (nSPS) is 26.0. The van der Waals surface area contributed by atoms with Gasteiger partial charge in [-0.1, -0.05) is 51.5 Å². The maximum absolute atomic E-state index is 13.6. The van der Waals surface area contributed by atoms with E-state index in [9.17, 15) is 9.59 Å². The molecule has 1 amide bonds. The van der Waals surface area contributed by atoms with Gasteiger partial charge < -0.3 is 14.1 Å². The molecule has 0 saturated heterocycles. The van der Waals surface area contributed by atoms with Gasteiger partial charge in [0, 0.05) is 0 Å². The summed E-state index contributed by atoms with van der Waals surface area (Å²) in [5, 5.41) is 0. The van der Waals surface area contributed by atoms with Crippen LogP contribution in [0.2, 0.25) is 0 Å². The molecule has 5 rings (SSSR count). The Morgan fingerprint density at radius 2 is 1.77 bits per heavy atom. The fraction of sp³-hybridized carbons (Fsp3) is 0.462. The van der Waals surface area contributed by atoms with Gasteiger partial charge in [0.25, 0.3) is 5.91 Å². The first kappa shape index (κ1) is 20.1. The first-order valence-electron chi connectivity index (χ1n) is 11.2. The van der Waals surface area contributed by atoms with Gasteiger partial charge in [0.15, 0.2) is 11.5 Å². The summed E-state index contributed by atoms with van der Waals surface area (Å²) in [5.41, 5.74) is 2.71. The Kier molecular flexibility index (Phi) is 4.80. The zero-order chi connectivity index (χ0) is 21.8. The van der Waals surface area contributed by atoms with Gasteiger partial charge in [0.05, 0.1) is 30.3 Å². The van der Waals surface area contributed by atoms with Crippen molar-refractivity contribution in [3.05, 3.63) is 70.9 Å². The van der Waals surface area contributed by atoms with Crippen molar-refractivity contribution in [2.75, 3.05) is 0 Å². The van der Waals surface area contributed by atoms with Crippen molar-refractivity contribution in [3.8, 4) is 0 Å². The van der Waals surface area contributed by atoms with Gasteiger partial charge in [0.1, 0.15) is 11.9 Å². The number of nitrogens with zero attached hydrogens (tertiary/aromatic N) is 1. The van der Waals surface area contributed by atoms with Gasteiger partial charge in [-0.25, -0.2) is 0 Å². The van der Waals surface area contributed by atoms with Crippen LogP contribution in [0.3, 0.4) is 0 Å². The number of ether oxygens (including phenoxy) is 1. The number of carbonyl (C=O) groups is 2. The highest BCUT2D eigenvalue weighted by atomic mass is 16.5. The van der Waals surface area contributed by atoms with Crippen molar-refractivity contribution < 1.29 is 18.7 Å². The summed E-state index contributed by atoms with van der Waals surface area (Å²) in [7, 11) is 0. The summed E-state index contributed by atoms with van der Waals surface area (Å²) in [5.74, 6) is 0.680. The number of rotatable bonds is 3. The molecule has 3 unspecified atom stereocenters. The second-order valence-corrected chi connectivity index (χ2v) is 9.94. The molecule has 3 atom stereocenters. The van der Waals surface area contributed by atoms with E-state index in [-0.39, 0.29) is 34.9 Å². The summed E-state index contributed by atoms with van der Waals surface area (Å²) in [4.78, 5) is 28.8. The van der Waals surface area contributed by atoms with Gasteiger partial charge in [-0.3, -0.25) is 9.59 Å². The first-order chi connectivity index (χ1) is 14.8. The highest BCUT2D eigenvalue weighted by Gasteiger charge is 2.52. The van der Waals surface area contributed by atoms with E-state index in [1.54, 1.807) is 11.2 Å². The predicted molar refractivity (Wildman–Crippen MR) is 116 cm³/mol. The Hall–Kier alpha value is -2.82. The third kappa shape index (κ3) is 3.40. The Bertz CT molecular complexity index is 1030. The summed E-state index contributed by atoms with van der Waals surface area (Å²) < 4.78 is 11.7. The first-order valence-corrected chi connectivity index (χ1v) is 11.2. The lowest BCUT2D eigenvalue weighted by molar-refractivity contribution is -0.135. The van der Waals surface area contributed by atoms with Crippen LogP contribution in [-0.4, -0.2) is 22.7 Å². The lowest BCUT2D eigenvalue weighted by Gasteiger charge is -2.35. The van der Waals surface area contributed by atoms with Gasteiger partial charge >= 0.3 is 0 Å². The summed E-state index contributed by atoms with van der Waals surface area (Å²) in [6, 6.07) is 11.5. The number of hydrogen-bond donors (Lipinski definition) is 0. The summed E-state index contributed by atoms with van der Waals surface area (Å²) in [6.45, 7) is 6.82. The minimum Gasteiger partial charge on any atom is -0.483 e. The van der Waals surface area contributed by atoms with E-state index in [1.807, 2.05) is 24.3 Å². The quantitative estimate of drug-likeness (QED) is 0.697. The minimum atomic E-state index is -0.447. The fourth-order valence-corrected chi connectivity index (χ4v) is 5.14. The van der Waals surface area contributed by atoms with Crippen LogP contribution in [0.4, 0.5) is 0 Å². The largest absolute Gasteiger partial charge is 0.483 e. The Morgan fingerprint density at radius 1 is 1.03 bits per heavy atom. The average molecular weight is 420 g/mol. The Balaban J connectivity index is 1.57. The maximum atomic E-state index is 13.6. The van der Waals surface area contributed by atoms with Crippen LogP contribution in [0.5, 0.6) is 0 Å². The van der Waals surface area contributed by atoms with Gasteiger partial charge in [-0.05, 0) is 47.9 Å². The van der Waals surface area contributed by atoms with Crippen LogP contribution < -0.4 is 0 Å². The summed E-state index contributed by atoms with van der Waals surface area (Å²) >= 11 is 0. The molecule has 1 aromatic carbocycles. The van der Waals surface area contributed by atoms with E-state index >= 15 is 0 Å². The molecule has 31 heavy (non-hydrogen) atoms. The number of amides is 1. The van der Waals surface area contributed by atoms with Crippen LogP contribution in [0.1, 0.15) is 69.4 Å². The zero-order valence-electron chi connectivity index (χ0n) is 18.4. The summed E-state index contributed by atoms with van der Waals surface area (Å²) in [6.07, 6.45) is 5.18. The molecule has 1 aromatic heterocycles. The number of fused-ring (bicyclic) bond motifs is 1. The molecule has 3 aliphatic rings. The number of carbonyl (C=O) groups excluding carboxylic acids is 2. The Morgan fingerprint density at radius 3 is 2.45 bits per heavy atom. The molecular weight excluding hydrogens is 390 g/mol. The molecule has 1 aliphatic carbocycles. The number of Topliss-reactive ketones (excluding diaryl/α,β-unsaturated/α-hetero) is 1. The predicted octanol–water partition coefficient (Wildman–Crippen LogP) is 5.07. The number of furan rings is 1. The standard InChI is InChI=1S/C26H29NO4/c1-26(2,3)17-12-10-16(11-13-17)22-21-23(28)19-8-4-5-9-20(19)31-24(21)25(29)27(22)15-18-7-6-14-30-18/h6-7,10-14,19-20,22H,4-5,8-9,15H2,1-3H3. The molecule has 5 heteroatoms. The van der Waals surface area contributed by atoms with Crippen molar-refractivity contribution in [2.24, 2.45) is 5.92 Å². The van der Waals surface area contributed by atoms with Crippen molar-refractivity contribution in [2.45, 2.75) is 70.6 Å². The molecule has 0 N–H and O–H groups in total. The highest BCUT2D eigenvalue weighted by molar-refractivity contribution is 6.11. The molecular formula is C26H29NO4. The van der Waals surface area contributed by atoms with Crippen LogP contribution in [0.25, 0.3) is 0 Å². The van der Waals surface area contributed by atoms with E-state index in [0.29, 0.717) is 17.9 Å². The number of hydrogen-bond acceptors (Lipinski definition) is 4. The number of ketones is 1. The molecule has 5 nitrogen and oxygen atoms in total. The molecule has 2 aromatic rings. The van der Waals surface area contributed by atoms with E-state index in [0.717, 1.165) is 31.2 Å². The molecule has 1 fully saturated rings. The van der Waals surface area contributed by atoms with Crippen molar-refractivity contribution in [1.29, 1.82) is 0 Å². The topological polar surface area (TPSA) is 59.8 Å². The Labute approximate surface area is 183 Å². The second kappa shape index (κ2) is 7.40. The van der Waals surface area contributed by atoms with Crippen molar-refractivity contribution >= 4 is 11.7 Å². The smallest absolute Gasteiger partial charge is 0.290 e. The lowest BCUT2D eigenvalue weighted by atomic mass is 9.77. The van der Waals surface area contributed by atoms with Crippen molar-refractivity contribution in [3.63, 3.8) is 0 Å². The van der Waals surface area contributed by atoms with E-state index < -0.39 is 6.04 Å². The van der Waals surface area contributed by atoms with Gasteiger partial charge in [-0.15, -0.1) is 0 Å². The average Bonchev–Trinajstić information content (AvgIpc) is 3.36. The monoisotopic (exact) mass is 419 g/mol. The number of benzene rings is 1. The lowest BCUT2D eigenvalue weighted by Crippen LogP contribution is -2.39. The van der Waals surface area contributed by atoms with E-state index in [2.05, 4.69) is 32.9 Å². The van der Waals surface area contributed by atoms with Crippen LogP contribution in [0, 0.1) is 5.92 Å². The fourth-order valence-electron chi connectivity index (χ4n) is 5.14. The van der Waals surface area contributed by atoms with Gasteiger partial charge in [0.2, 0.25) is 0 Å². The molecule has 0 radical (unpaired) electrons. The zero-order valence-corrected chi connectivity index (χ0v) is 18.4. The molecule has 0 spiro atoms. The molecule has 3 heterocycles. The third-order valence-corrected chi connectivity index (χ3v) is 6.86. The molecule has 2 aliphatic heterocycles. The van der Waals surface area contributed by atoms with Crippen LogP contribution in [-0.2, 0) is 26.3 Å². The van der Waals surface area contributed by atoms with E-state index in [4.69, 9.17) is 9.15 Å². The van der Waals surface area contributed by atoms with Crippen LogP contribution >= 0.6 is 0 Å². The molecule has 162 valence electrons. The third-order valence-electron chi connectivity index (χ3n) is 6.86. The maximum Gasteiger partial charge on any atom is 0.290 e. The minimum absolute atomic E-state index is 0.0292. The second-order valence-electron chi connectivity index (χ2n) is 9.94. The SMILES string of the molecule is CC(C)(C)c1ccc(C2C3=C(OC4CCCCC4C3=O)C(=O)N2Cc2ccco2)cc1. The van der Waals surface area contributed by atoms with Crippen molar-refractivity contribution in [1.82, 2.24) is 4.90 Å². The van der Waals surface area contributed by atoms with Gasteiger partial charge in [-0.2, -0.15) is 0 Å².